The van der Waals surface area contributed by atoms with Gasteiger partial charge in [0.2, 0.25) is 0 Å². The summed E-state index contributed by atoms with van der Waals surface area (Å²) in [4.78, 5) is 19.4. The molecule has 5 heteroatoms. The SMILES string of the molecule is CCOC(=O)[C@@H]1C[C@@H](c2ccccc2)CN1c1ncc(N)c2ccccc12. The number of aromatic nitrogens is 1. The molecule has 0 amide bonds. The molecule has 2 aromatic carbocycles. The van der Waals surface area contributed by atoms with E-state index in [1.54, 1.807) is 6.20 Å². The van der Waals surface area contributed by atoms with Crippen LogP contribution < -0.4 is 10.6 Å². The van der Waals surface area contributed by atoms with Gasteiger partial charge in [-0.05, 0) is 18.9 Å². The number of ether oxygens (including phenoxy) is 1. The highest BCUT2D eigenvalue weighted by Gasteiger charge is 2.39. The number of benzene rings is 2. The van der Waals surface area contributed by atoms with Crippen LogP contribution in [0.25, 0.3) is 10.8 Å². The lowest BCUT2D eigenvalue weighted by Gasteiger charge is -2.25. The minimum Gasteiger partial charge on any atom is -0.464 e. The van der Waals surface area contributed by atoms with E-state index in [1.165, 1.54) is 5.56 Å². The fourth-order valence-electron chi connectivity index (χ4n) is 3.93. The Balaban J connectivity index is 1.77. The molecule has 1 aliphatic heterocycles. The Morgan fingerprint density at radius 2 is 1.85 bits per heavy atom. The number of hydrogen-bond donors (Lipinski definition) is 1. The number of pyridine rings is 1. The van der Waals surface area contributed by atoms with Crippen molar-refractivity contribution in [3.63, 3.8) is 0 Å². The van der Waals surface area contributed by atoms with Crippen LogP contribution in [-0.2, 0) is 9.53 Å². The first-order valence-corrected chi connectivity index (χ1v) is 9.30. The van der Waals surface area contributed by atoms with Crippen molar-refractivity contribution in [1.29, 1.82) is 0 Å². The quantitative estimate of drug-likeness (QED) is 0.717. The molecule has 0 radical (unpaired) electrons. The predicted molar refractivity (Wildman–Crippen MR) is 108 cm³/mol. The third-order valence-electron chi connectivity index (χ3n) is 5.21. The standard InChI is InChI=1S/C22H23N3O2/c1-2-27-22(26)20-12-16(15-8-4-3-5-9-15)14-25(20)21-18-11-7-6-10-17(18)19(23)13-24-21/h3-11,13,16,20H,2,12,14,23H2,1H3/t16-,20+/m1/s1. The van der Waals surface area contributed by atoms with Crippen LogP contribution in [-0.4, -0.2) is 30.1 Å². The third kappa shape index (κ3) is 3.21. The monoisotopic (exact) mass is 361 g/mol. The van der Waals surface area contributed by atoms with Crippen molar-refractivity contribution in [3.8, 4) is 0 Å². The van der Waals surface area contributed by atoms with Crippen molar-refractivity contribution in [2.75, 3.05) is 23.8 Å². The van der Waals surface area contributed by atoms with Crippen molar-refractivity contribution in [2.45, 2.75) is 25.3 Å². The van der Waals surface area contributed by atoms with Gasteiger partial charge in [0.05, 0.1) is 18.5 Å². The topological polar surface area (TPSA) is 68.5 Å². The van der Waals surface area contributed by atoms with Gasteiger partial charge in [-0.1, -0.05) is 54.6 Å². The lowest BCUT2D eigenvalue weighted by atomic mass is 9.96. The van der Waals surface area contributed by atoms with E-state index in [9.17, 15) is 4.79 Å². The van der Waals surface area contributed by atoms with Crippen LogP contribution in [0.5, 0.6) is 0 Å². The molecular weight excluding hydrogens is 338 g/mol. The molecule has 0 aliphatic carbocycles. The van der Waals surface area contributed by atoms with Gasteiger partial charge in [-0.2, -0.15) is 0 Å². The van der Waals surface area contributed by atoms with Gasteiger partial charge in [-0.3, -0.25) is 0 Å². The smallest absolute Gasteiger partial charge is 0.328 e. The lowest BCUT2D eigenvalue weighted by Crippen LogP contribution is -2.38. The number of hydrogen-bond acceptors (Lipinski definition) is 5. The number of anilines is 2. The summed E-state index contributed by atoms with van der Waals surface area (Å²) in [7, 11) is 0. The zero-order valence-corrected chi connectivity index (χ0v) is 15.3. The fourth-order valence-corrected chi connectivity index (χ4v) is 3.93. The minimum absolute atomic E-state index is 0.196. The molecule has 2 atom stereocenters. The summed E-state index contributed by atoms with van der Waals surface area (Å²) < 4.78 is 5.36. The van der Waals surface area contributed by atoms with Crippen molar-refractivity contribution in [3.05, 3.63) is 66.4 Å². The summed E-state index contributed by atoms with van der Waals surface area (Å²) in [5.41, 5.74) is 7.98. The van der Waals surface area contributed by atoms with Gasteiger partial charge in [0.15, 0.2) is 0 Å². The van der Waals surface area contributed by atoms with E-state index in [2.05, 4.69) is 22.0 Å². The molecule has 5 nitrogen and oxygen atoms in total. The largest absolute Gasteiger partial charge is 0.464 e. The number of rotatable bonds is 4. The first-order chi connectivity index (χ1) is 13.2. The Morgan fingerprint density at radius 1 is 1.15 bits per heavy atom. The minimum atomic E-state index is -0.352. The first-order valence-electron chi connectivity index (χ1n) is 9.30. The van der Waals surface area contributed by atoms with Gasteiger partial charge in [-0.15, -0.1) is 0 Å². The van der Waals surface area contributed by atoms with Gasteiger partial charge >= 0.3 is 5.97 Å². The van der Waals surface area contributed by atoms with E-state index in [1.807, 2.05) is 49.4 Å². The zero-order chi connectivity index (χ0) is 18.8. The molecule has 1 saturated heterocycles. The molecule has 2 N–H and O–H groups in total. The molecule has 0 bridgehead atoms. The van der Waals surface area contributed by atoms with Gasteiger partial charge in [0.1, 0.15) is 11.9 Å². The lowest BCUT2D eigenvalue weighted by molar-refractivity contribution is -0.144. The molecule has 27 heavy (non-hydrogen) atoms. The number of carbonyl (C=O) groups excluding carboxylic acids is 1. The summed E-state index contributed by atoms with van der Waals surface area (Å²) >= 11 is 0. The van der Waals surface area contributed by atoms with Gasteiger partial charge in [0, 0.05) is 23.2 Å². The zero-order valence-electron chi connectivity index (χ0n) is 15.3. The average Bonchev–Trinajstić information content (AvgIpc) is 3.15. The normalized spacial score (nSPS) is 19.4. The maximum atomic E-state index is 12.7. The highest BCUT2D eigenvalue weighted by atomic mass is 16.5. The summed E-state index contributed by atoms with van der Waals surface area (Å²) in [5, 5.41) is 1.91. The summed E-state index contributed by atoms with van der Waals surface area (Å²) in [5.74, 6) is 0.841. The van der Waals surface area contributed by atoms with E-state index in [0.29, 0.717) is 25.3 Å². The number of fused-ring (bicyclic) bond motifs is 1. The average molecular weight is 361 g/mol. The van der Waals surface area contributed by atoms with Gasteiger partial charge in [0.25, 0.3) is 0 Å². The molecule has 138 valence electrons. The number of nitrogen functional groups attached to an aromatic ring is 1. The maximum Gasteiger partial charge on any atom is 0.328 e. The van der Waals surface area contributed by atoms with E-state index >= 15 is 0 Å². The molecule has 1 aromatic heterocycles. The van der Waals surface area contributed by atoms with Crippen LogP contribution in [0.1, 0.15) is 24.8 Å². The molecule has 3 aromatic rings. The Hall–Kier alpha value is -3.08. The van der Waals surface area contributed by atoms with E-state index < -0.39 is 0 Å². The maximum absolute atomic E-state index is 12.7. The first kappa shape index (κ1) is 17.3. The van der Waals surface area contributed by atoms with E-state index in [0.717, 1.165) is 16.6 Å². The predicted octanol–water partition coefficient (Wildman–Crippen LogP) is 3.74. The Kier molecular flexibility index (Phi) is 4.67. The van der Waals surface area contributed by atoms with Crippen molar-refractivity contribution < 1.29 is 9.53 Å². The number of nitrogens with two attached hydrogens (primary N) is 1. The number of esters is 1. The second kappa shape index (κ2) is 7.27. The third-order valence-corrected chi connectivity index (χ3v) is 5.21. The molecule has 4 rings (SSSR count). The second-order valence-corrected chi connectivity index (χ2v) is 6.85. The fraction of sp³-hybridized carbons (Fsp3) is 0.273. The summed E-state index contributed by atoms with van der Waals surface area (Å²) in [6, 6.07) is 17.9. The van der Waals surface area contributed by atoms with Crippen molar-refractivity contribution in [2.24, 2.45) is 0 Å². The van der Waals surface area contributed by atoms with Crippen LogP contribution in [0.3, 0.4) is 0 Å². The molecule has 1 aliphatic rings. The highest BCUT2D eigenvalue weighted by molar-refractivity contribution is 6.00. The Bertz CT molecular complexity index is 958. The van der Waals surface area contributed by atoms with Crippen LogP contribution in [0.2, 0.25) is 0 Å². The van der Waals surface area contributed by atoms with Crippen molar-refractivity contribution >= 4 is 28.2 Å². The van der Waals surface area contributed by atoms with Crippen LogP contribution in [0.15, 0.2) is 60.8 Å². The van der Waals surface area contributed by atoms with E-state index in [-0.39, 0.29) is 17.9 Å². The van der Waals surface area contributed by atoms with Gasteiger partial charge < -0.3 is 15.4 Å². The highest BCUT2D eigenvalue weighted by Crippen LogP contribution is 2.38. The van der Waals surface area contributed by atoms with E-state index in [4.69, 9.17) is 10.5 Å². The second-order valence-electron chi connectivity index (χ2n) is 6.85. The number of nitrogens with zero attached hydrogens (tertiary/aromatic N) is 2. The van der Waals surface area contributed by atoms with Crippen LogP contribution in [0, 0.1) is 0 Å². The molecule has 2 heterocycles. The van der Waals surface area contributed by atoms with Crippen LogP contribution >= 0.6 is 0 Å². The molecule has 0 unspecified atom stereocenters. The van der Waals surface area contributed by atoms with Crippen LogP contribution in [0.4, 0.5) is 11.5 Å². The molecule has 1 fully saturated rings. The summed E-state index contributed by atoms with van der Waals surface area (Å²) in [6.45, 7) is 2.92. The number of carbonyl (C=O) groups is 1. The summed E-state index contributed by atoms with van der Waals surface area (Å²) in [6.07, 6.45) is 2.39. The van der Waals surface area contributed by atoms with Crippen molar-refractivity contribution in [1.82, 2.24) is 4.98 Å². The molecular formula is C22H23N3O2. The molecule has 0 saturated carbocycles. The van der Waals surface area contributed by atoms with Gasteiger partial charge in [-0.25, -0.2) is 9.78 Å². The molecule has 0 spiro atoms. The Morgan fingerprint density at radius 3 is 2.59 bits per heavy atom. The Labute approximate surface area is 158 Å².